The van der Waals surface area contributed by atoms with Gasteiger partial charge >= 0.3 is 5.97 Å². The van der Waals surface area contributed by atoms with Crippen molar-refractivity contribution in [1.29, 1.82) is 0 Å². The molecule has 0 heterocycles. The minimum absolute atomic E-state index is 0.0393. The number of anilines is 1. The van der Waals surface area contributed by atoms with Crippen LogP contribution in [-0.2, 0) is 9.59 Å². The highest BCUT2D eigenvalue weighted by molar-refractivity contribution is 5.96. The molecule has 4 nitrogen and oxygen atoms in total. The van der Waals surface area contributed by atoms with E-state index < -0.39 is 5.97 Å². The fourth-order valence-corrected chi connectivity index (χ4v) is 2.18. The Morgan fingerprint density at radius 2 is 2.05 bits per heavy atom. The first-order valence-electron chi connectivity index (χ1n) is 6.62. The molecular weight excluding hydrogens is 254 g/mol. The van der Waals surface area contributed by atoms with Gasteiger partial charge in [-0.1, -0.05) is 26.0 Å². The van der Waals surface area contributed by atoms with Crippen LogP contribution in [0.4, 0.5) is 5.69 Å². The molecule has 0 aliphatic heterocycles. The first-order chi connectivity index (χ1) is 9.29. The summed E-state index contributed by atoms with van der Waals surface area (Å²) in [4.78, 5) is 22.6. The molecule has 1 atom stereocenters. The van der Waals surface area contributed by atoms with Gasteiger partial charge in [-0.3, -0.25) is 4.79 Å². The highest BCUT2D eigenvalue weighted by Gasteiger charge is 2.50. The fourth-order valence-electron chi connectivity index (χ4n) is 2.18. The summed E-state index contributed by atoms with van der Waals surface area (Å²) in [5.74, 6) is -0.881. The number of aliphatic carboxylic acids is 1. The summed E-state index contributed by atoms with van der Waals surface area (Å²) in [5.41, 5.74) is 2.55. The second-order valence-corrected chi connectivity index (χ2v) is 5.98. The molecule has 1 amide bonds. The van der Waals surface area contributed by atoms with Gasteiger partial charge in [0, 0.05) is 17.7 Å². The van der Waals surface area contributed by atoms with Crippen molar-refractivity contribution in [2.75, 3.05) is 5.32 Å². The number of carbonyl (C=O) groups excluding carboxylic acids is 1. The zero-order chi connectivity index (χ0) is 14.9. The topological polar surface area (TPSA) is 66.4 Å². The third-order valence-electron chi connectivity index (χ3n) is 3.77. The maximum Gasteiger partial charge on any atom is 0.328 e. The normalized spacial score (nSPS) is 19.9. The second kappa shape index (κ2) is 5.12. The Bertz CT molecular complexity index is 587. The summed E-state index contributed by atoms with van der Waals surface area (Å²) in [7, 11) is 0. The molecule has 1 aliphatic carbocycles. The summed E-state index contributed by atoms with van der Waals surface area (Å²) < 4.78 is 0. The van der Waals surface area contributed by atoms with E-state index >= 15 is 0 Å². The quantitative estimate of drug-likeness (QED) is 0.828. The molecule has 0 aromatic heterocycles. The lowest BCUT2D eigenvalue weighted by Crippen LogP contribution is -2.17. The molecule has 1 aliphatic rings. The SMILES string of the molecule is Cc1ccc(/C=C/C(=O)O)cc1NC(=O)C1CC1(C)C. The average Bonchev–Trinajstić information content (AvgIpc) is 2.99. The third kappa shape index (κ3) is 3.26. The maximum atomic E-state index is 12.1. The van der Waals surface area contributed by atoms with Crippen molar-refractivity contribution in [2.45, 2.75) is 27.2 Å². The number of aryl methyl sites for hydroxylation is 1. The minimum Gasteiger partial charge on any atom is -0.478 e. The number of carboxylic acid groups (broad SMARTS) is 1. The predicted molar refractivity (Wildman–Crippen MR) is 78.4 cm³/mol. The van der Waals surface area contributed by atoms with Gasteiger partial charge in [0.2, 0.25) is 5.91 Å². The van der Waals surface area contributed by atoms with E-state index in [0.717, 1.165) is 29.3 Å². The van der Waals surface area contributed by atoms with Crippen molar-refractivity contribution in [3.63, 3.8) is 0 Å². The Morgan fingerprint density at radius 3 is 2.60 bits per heavy atom. The van der Waals surface area contributed by atoms with E-state index in [9.17, 15) is 9.59 Å². The molecule has 1 saturated carbocycles. The number of hydrogen-bond donors (Lipinski definition) is 2. The summed E-state index contributed by atoms with van der Waals surface area (Å²) in [6, 6.07) is 5.49. The van der Waals surface area contributed by atoms with Crippen molar-refractivity contribution in [3.8, 4) is 0 Å². The number of nitrogens with one attached hydrogen (secondary N) is 1. The van der Waals surface area contributed by atoms with Crippen LogP contribution >= 0.6 is 0 Å². The van der Waals surface area contributed by atoms with Gasteiger partial charge in [-0.15, -0.1) is 0 Å². The summed E-state index contributed by atoms with van der Waals surface area (Å²) in [6.45, 7) is 6.07. The van der Waals surface area contributed by atoms with Crippen LogP contribution in [0, 0.1) is 18.3 Å². The molecule has 2 N–H and O–H groups in total. The molecule has 0 saturated heterocycles. The van der Waals surface area contributed by atoms with E-state index in [1.54, 1.807) is 6.07 Å². The minimum atomic E-state index is -0.990. The van der Waals surface area contributed by atoms with Gasteiger partial charge in [-0.25, -0.2) is 4.79 Å². The monoisotopic (exact) mass is 273 g/mol. The van der Waals surface area contributed by atoms with Crippen LogP contribution in [0.25, 0.3) is 6.08 Å². The standard InChI is InChI=1S/C16H19NO3/c1-10-4-5-11(6-7-14(18)19)8-13(10)17-15(20)12-9-16(12,2)3/h4-8,12H,9H2,1-3H3,(H,17,20)(H,18,19)/b7-6+. The van der Waals surface area contributed by atoms with Crippen molar-refractivity contribution in [1.82, 2.24) is 0 Å². The largest absolute Gasteiger partial charge is 0.478 e. The molecule has 0 radical (unpaired) electrons. The van der Waals surface area contributed by atoms with Crippen LogP contribution in [0.2, 0.25) is 0 Å². The van der Waals surface area contributed by atoms with Crippen LogP contribution in [0.5, 0.6) is 0 Å². The number of benzene rings is 1. The Balaban J connectivity index is 2.13. The lowest BCUT2D eigenvalue weighted by molar-refractivity contribution is -0.131. The molecule has 106 valence electrons. The molecule has 2 rings (SSSR count). The van der Waals surface area contributed by atoms with Crippen LogP contribution in [0.3, 0.4) is 0 Å². The van der Waals surface area contributed by atoms with Gasteiger partial charge < -0.3 is 10.4 Å². The van der Waals surface area contributed by atoms with Crippen LogP contribution < -0.4 is 5.32 Å². The van der Waals surface area contributed by atoms with Crippen molar-refractivity contribution >= 4 is 23.6 Å². The van der Waals surface area contributed by atoms with E-state index in [2.05, 4.69) is 19.2 Å². The Labute approximate surface area is 118 Å². The number of carboxylic acids is 1. The molecule has 1 aromatic carbocycles. The van der Waals surface area contributed by atoms with E-state index in [4.69, 9.17) is 5.11 Å². The first-order valence-corrected chi connectivity index (χ1v) is 6.62. The van der Waals surface area contributed by atoms with Gasteiger partial charge in [0.15, 0.2) is 0 Å². The average molecular weight is 273 g/mol. The van der Waals surface area contributed by atoms with Crippen molar-refractivity contribution in [2.24, 2.45) is 11.3 Å². The highest BCUT2D eigenvalue weighted by atomic mass is 16.4. The number of carbonyl (C=O) groups is 2. The first kappa shape index (κ1) is 14.3. The molecular formula is C16H19NO3. The smallest absolute Gasteiger partial charge is 0.328 e. The molecule has 4 heteroatoms. The zero-order valence-electron chi connectivity index (χ0n) is 11.9. The van der Waals surface area contributed by atoms with Crippen molar-refractivity contribution in [3.05, 3.63) is 35.4 Å². The van der Waals surface area contributed by atoms with Crippen LogP contribution in [-0.4, -0.2) is 17.0 Å². The lowest BCUT2D eigenvalue weighted by Gasteiger charge is -2.10. The Hall–Kier alpha value is -2.10. The fraction of sp³-hybridized carbons (Fsp3) is 0.375. The van der Waals surface area contributed by atoms with Gasteiger partial charge in [-0.2, -0.15) is 0 Å². The zero-order valence-corrected chi connectivity index (χ0v) is 11.9. The van der Waals surface area contributed by atoms with E-state index in [1.165, 1.54) is 6.08 Å². The Morgan fingerprint density at radius 1 is 1.40 bits per heavy atom. The second-order valence-electron chi connectivity index (χ2n) is 5.98. The van der Waals surface area contributed by atoms with Crippen molar-refractivity contribution < 1.29 is 14.7 Å². The van der Waals surface area contributed by atoms with E-state index in [0.29, 0.717) is 0 Å². The molecule has 1 aromatic rings. The molecule has 1 unspecified atom stereocenters. The summed E-state index contributed by atoms with van der Waals surface area (Å²) in [6.07, 6.45) is 3.51. The number of rotatable bonds is 4. The van der Waals surface area contributed by atoms with E-state index in [-0.39, 0.29) is 17.2 Å². The Kier molecular flexibility index (Phi) is 3.66. The third-order valence-corrected chi connectivity index (χ3v) is 3.77. The van der Waals surface area contributed by atoms with Gasteiger partial charge in [0.25, 0.3) is 0 Å². The predicted octanol–water partition coefficient (Wildman–Crippen LogP) is 3.08. The van der Waals surface area contributed by atoms with Gasteiger partial charge in [0.1, 0.15) is 0 Å². The molecule has 20 heavy (non-hydrogen) atoms. The maximum absolute atomic E-state index is 12.1. The van der Waals surface area contributed by atoms with E-state index in [1.807, 2.05) is 19.1 Å². The summed E-state index contributed by atoms with van der Waals surface area (Å²) in [5, 5.41) is 11.6. The van der Waals surface area contributed by atoms with Gasteiger partial charge in [0.05, 0.1) is 0 Å². The highest BCUT2D eigenvalue weighted by Crippen LogP contribution is 2.52. The summed E-state index contributed by atoms with van der Waals surface area (Å²) >= 11 is 0. The van der Waals surface area contributed by atoms with Crippen LogP contribution in [0.1, 0.15) is 31.4 Å². The lowest BCUT2D eigenvalue weighted by atomic mass is 10.1. The molecule has 0 spiro atoms. The number of amides is 1. The van der Waals surface area contributed by atoms with Gasteiger partial charge in [-0.05, 0) is 42.0 Å². The van der Waals surface area contributed by atoms with Crippen LogP contribution in [0.15, 0.2) is 24.3 Å². The molecule has 1 fully saturated rings. The number of hydrogen-bond acceptors (Lipinski definition) is 2. The molecule has 0 bridgehead atoms.